The van der Waals surface area contributed by atoms with Gasteiger partial charge in [-0.25, -0.2) is 9.78 Å². The third kappa shape index (κ3) is 6.35. The molecule has 0 saturated carbocycles. The number of methoxy groups -OCH3 is 1. The second-order valence-corrected chi connectivity index (χ2v) is 7.62. The van der Waals surface area contributed by atoms with Gasteiger partial charge in [-0.2, -0.15) is 0 Å². The summed E-state index contributed by atoms with van der Waals surface area (Å²) in [6, 6.07) is 7.40. The van der Waals surface area contributed by atoms with Crippen molar-refractivity contribution in [3.63, 3.8) is 0 Å². The van der Waals surface area contributed by atoms with Crippen LogP contribution in [0.3, 0.4) is 0 Å². The lowest BCUT2D eigenvalue weighted by Gasteiger charge is -2.20. The molecule has 2 rings (SSSR count). The van der Waals surface area contributed by atoms with Crippen molar-refractivity contribution in [2.45, 2.75) is 39.8 Å². The van der Waals surface area contributed by atoms with Crippen LogP contribution in [0.25, 0.3) is 0 Å². The summed E-state index contributed by atoms with van der Waals surface area (Å²) in [6.45, 7) is 8.40. The summed E-state index contributed by atoms with van der Waals surface area (Å²) >= 11 is 1.33. The van der Waals surface area contributed by atoms with Gasteiger partial charge in [-0.3, -0.25) is 4.99 Å². The zero-order chi connectivity index (χ0) is 22.1. The lowest BCUT2D eigenvalue weighted by Crippen LogP contribution is -2.42. The molecule has 0 spiro atoms. The smallest absolute Gasteiger partial charge is 0.350 e. The molecule has 0 bridgehead atoms. The van der Waals surface area contributed by atoms with Crippen LogP contribution in [0.2, 0.25) is 0 Å². The first-order valence-corrected chi connectivity index (χ1v) is 10.6. The summed E-state index contributed by atoms with van der Waals surface area (Å²) in [5.74, 6) is 1.66. The molecular weight excluding hydrogens is 404 g/mol. The van der Waals surface area contributed by atoms with Crippen LogP contribution < -0.4 is 20.1 Å². The number of nitrogens with zero attached hydrogens (tertiary/aromatic N) is 2. The summed E-state index contributed by atoms with van der Waals surface area (Å²) < 4.78 is 16.4. The molecule has 164 valence electrons. The first-order valence-electron chi connectivity index (χ1n) is 9.80. The lowest BCUT2D eigenvalue weighted by molar-refractivity contribution is 0.0531. The molecule has 2 atom stereocenters. The van der Waals surface area contributed by atoms with Gasteiger partial charge in [-0.1, -0.05) is 12.1 Å². The summed E-state index contributed by atoms with van der Waals surface area (Å²) in [6.07, 6.45) is -0.118. The largest absolute Gasteiger partial charge is 0.493 e. The van der Waals surface area contributed by atoms with Crippen molar-refractivity contribution in [2.24, 2.45) is 4.99 Å². The number of benzene rings is 1. The maximum absolute atomic E-state index is 12.0. The second kappa shape index (κ2) is 11.4. The zero-order valence-electron chi connectivity index (χ0n) is 18.3. The van der Waals surface area contributed by atoms with E-state index in [-0.39, 0.29) is 18.1 Å². The predicted molar refractivity (Wildman–Crippen MR) is 119 cm³/mol. The topological polar surface area (TPSA) is 94.1 Å². The number of carbonyl (C=O) groups is 1. The van der Waals surface area contributed by atoms with Crippen LogP contribution in [0.4, 0.5) is 0 Å². The van der Waals surface area contributed by atoms with Gasteiger partial charge in [-0.15, -0.1) is 11.3 Å². The Morgan fingerprint density at radius 1 is 1.27 bits per heavy atom. The third-order valence-corrected chi connectivity index (χ3v) is 5.50. The van der Waals surface area contributed by atoms with E-state index in [1.165, 1.54) is 11.3 Å². The molecule has 1 heterocycles. The number of guanidine groups is 1. The van der Waals surface area contributed by atoms with Crippen LogP contribution >= 0.6 is 11.3 Å². The molecule has 0 aliphatic rings. The van der Waals surface area contributed by atoms with Crippen molar-refractivity contribution in [2.75, 3.05) is 27.3 Å². The number of rotatable bonds is 9. The van der Waals surface area contributed by atoms with Crippen molar-refractivity contribution in [3.8, 4) is 11.5 Å². The van der Waals surface area contributed by atoms with E-state index < -0.39 is 0 Å². The fourth-order valence-corrected chi connectivity index (χ4v) is 3.63. The lowest BCUT2D eigenvalue weighted by atomic mass is 10.3. The van der Waals surface area contributed by atoms with Crippen molar-refractivity contribution in [1.29, 1.82) is 0 Å². The Morgan fingerprint density at radius 2 is 1.97 bits per heavy atom. The number of aliphatic imine (C=N–C) groups is 1. The van der Waals surface area contributed by atoms with E-state index in [2.05, 4.69) is 20.6 Å². The van der Waals surface area contributed by atoms with E-state index >= 15 is 0 Å². The van der Waals surface area contributed by atoms with Crippen molar-refractivity contribution in [3.05, 3.63) is 39.8 Å². The Kier molecular flexibility index (Phi) is 8.91. The molecule has 30 heavy (non-hydrogen) atoms. The Hall–Kier alpha value is -2.81. The van der Waals surface area contributed by atoms with Crippen LogP contribution in [0.15, 0.2) is 29.3 Å². The number of thiazole rings is 1. The molecule has 1 aromatic heterocycles. The van der Waals surface area contributed by atoms with Gasteiger partial charge in [0.25, 0.3) is 0 Å². The number of para-hydroxylation sites is 2. The van der Waals surface area contributed by atoms with E-state index in [0.717, 1.165) is 5.01 Å². The molecule has 2 N–H and O–H groups in total. The Balaban J connectivity index is 1.92. The molecule has 0 aliphatic carbocycles. The number of hydrogen-bond donors (Lipinski definition) is 2. The summed E-state index contributed by atoms with van der Waals surface area (Å²) in [4.78, 5) is 21.3. The molecule has 2 unspecified atom stereocenters. The Bertz CT molecular complexity index is 868. The number of carbonyl (C=O) groups excluding carboxylic acids is 1. The predicted octanol–water partition coefficient (Wildman–Crippen LogP) is 3.33. The monoisotopic (exact) mass is 434 g/mol. The van der Waals surface area contributed by atoms with E-state index in [0.29, 0.717) is 41.2 Å². The molecule has 0 amide bonds. The van der Waals surface area contributed by atoms with E-state index in [4.69, 9.17) is 14.2 Å². The van der Waals surface area contributed by atoms with E-state index in [9.17, 15) is 4.79 Å². The fourth-order valence-electron chi connectivity index (χ4n) is 2.66. The molecule has 8 nitrogen and oxygen atoms in total. The van der Waals surface area contributed by atoms with Crippen LogP contribution in [0.1, 0.15) is 47.2 Å². The van der Waals surface area contributed by atoms with Gasteiger partial charge in [0.15, 0.2) is 17.5 Å². The molecule has 0 aliphatic heterocycles. The van der Waals surface area contributed by atoms with Crippen LogP contribution in [0.5, 0.6) is 11.5 Å². The van der Waals surface area contributed by atoms with Crippen molar-refractivity contribution in [1.82, 2.24) is 15.6 Å². The third-order valence-electron chi connectivity index (χ3n) is 4.18. The van der Waals surface area contributed by atoms with Gasteiger partial charge in [-0.05, 0) is 39.8 Å². The zero-order valence-corrected chi connectivity index (χ0v) is 19.1. The Morgan fingerprint density at radius 3 is 2.60 bits per heavy atom. The molecule has 0 saturated heterocycles. The average molecular weight is 435 g/mol. The first kappa shape index (κ1) is 23.5. The average Bonchev–Trinajstić information content (AvgIpc) is 3.13. The number of aromatic nitrogens is 1. The molecule has 2 aromatic rings. The number of aryl methyl sites for hydroxylation is 1. The number of nitrogens with one attached hydrogen (secondary N) is 2. The van der Waals surface area contributed by atoms with Gasteiger partial charge in [0.2, 0.25) is 0 Å². The van der Waals surface area contributed by atoms with E-state index in [1.54, 1.807) is 21.1 Å². The van der Waals surface area contributed by atoms with Gasteiger partial charge in [0.1, 0.15) is 16.0 Å². The van der Waals surface area contributed by atoms with Crippen LogP contribution in [-0.2, 0) is 4.74 Å². The number of hydrogen-bond acceptors (Lipinski definition) is 7. The fraction of sp³-hybridized carbons (Fsp3) is 0.476. The Labute approximate surface area is 181 Å². The minimum Gasteiger partial charge on any atom is -0.493 e. The SMILES string of the molecule is CCOC(=O)c1sc(C(C)NC(=NC)NCC(C)Oc2ccccc2OC)nc1C. The highest BCUT2D eigenvalue weighted by molar-refractivity contribution is 7.13. The van der Waals surface area contributed by atoms with Gasteiger partial charge in [0.05, 0.1) is 32.0 Å². The maximum Gasteiger partial charge on any atom is 0.350 e. The van der Waals surface area contributed by atoms with Gasteiger partial charge < -0.3 is 24.8 Å². The standard InChI is InChI=1S/C21H30N4O4S/c1-7-28-20(26)18-14(3)24-19(30-18)15(4)25-21(22-5)23-12-13(2)29-17-11-9-8-10-16(17)27-6/h8-11,13,15H,7,12H2,1-6H3,(H2,22,23,25). The minimum absolute atomic E-state index is 0.118. The minimum atomic E-state index is -0.337. The molecular formula is C21H30N4O4S. The maximum atomic E-state index is 12.0. The number of ether oxygens (including phenoxy) is 3. The molecule has 0 radical (unpaired) electrons. The van der Waals surface area contributed by atoms with Crippen molar-refractivity contribution >= 4 is 23.3 Å². The second-order valence-electron chi connectivity index (χ2n) is 6.59. The molecule has 0 fully saturated rings. The van der Waals surface area contributed by atoms with E-state index in [1.807, 2.05) is 45.0 Å². The summed E-state index contributed by atoms with van der Waals surface area (Å²) in [5.41, 5.74) is 0.670. The number of esters is 1. The quantitative estimate of drug-likeness (QED) is 0.355. The molecule has 9 heteroatoms. The summed E-state index contributed by atoms with van der Waals surface area (Å²) in [5, 5.41) is 7.33. The van der Waals surface area contributed by atoms with Gasteiger partial charge >= 0.3 is 5.97 Å². The summed E-state index contributed by atoms with van der Waals surface area (Å²) in [7, 11) is 3.32. The highest BCUT2D eigenvalue weighted by Crippen LogP contribution is 2.27. The highest BCUT2D eigenvalue weighted by Gasteiger charge is 2.20. The first-order chi connectivity index (χ1) is 14.4. The van der Waals surface area contributed by atoms with Crippen molar-refractivity contribution < 1.29 is 19.0 Å². The van der Waals surface area contributed by atoms with Crippen LogP contribution in [-0.4, -0.2) is 50.3 Å². The highest BCUT2D eigenvalue weighted by atomic mass is 32.1. The molecule has 1 aromatic carbocycles. The van der Waals surface area contributed by atoms with Gasteiger partial charge in [0, 0.05) is 7.05 Å². The normalized spacial score (nSPS) is 13.3. The van der Waals surface area contributed by atoms with Crippen LogP contribution in [0, 0.1) is 6.92 Å².